The molecule has 14 heteroatoms. The molecule has 252 valence electrons. The number of nitrogens with zero attached hydrogens (tertiary/aromatic N) is 2. The van der Waals surface area contributed by atoms with Crippen LogP contribution in [0.4, 0.5) is 0 Å². The van der Waals surface area contributed by atoms with E-state index in [1.165, 1.54) is 0 Å². The summed E-state index contributed by atoms with van der Waals surface area (Å²) < 4.78 is 0. The molecule has 3 fully saturated rings. The molecule has 0 unspecified atom stereocenters. The lowest BCUT2D eigenvalue weighted by Gasteiger charge is -2.31. The molecule has 6 atom stereocenters. The molecule has 6 N–H and O–H groups in total. The number of rotatable bonds is 7. The normalized spacial score (nSPS) is 28.3. The van der Waals surface area contributed by atoms with Gasteiger partial charge in [-0.25, -0.2) is 5.48 Å². The molecule has 1 aromatic rings. The fourth-order valence-electron chi connectivity index (χ4n) is 6.68. The van der Waals surface area contributed by atoms with Gasteiger partial charge in [0.1, 0.15) is 18.1 Å². The largest absolute Gasteiger partial charge is 0.346 e. The van der Waals surface area contributed by atoms with E-state index in [1.54, 1.807) is 15.3 Å². The lowest BCUT2D eigenvalue weighted by Crippen LogP contribution is -2.58. The van der Waals surface area contributed by atoms with Gasteiger partial charge in [-0.1, -0.05) is 58.0 Å². The summed E-state index contributed by atoms with van der Waals surface area (Å²) in [5.41, 5.74) is 2.54. The second-order valence-electron chi connectivity index (χ2n) is 13.2. The Balaban J connectivity index is 1.72. The molecular formula is C32H47N7O7. The standard InChI is InChI=1S/C32H47N7O7/c1-18(2)13-21-29(42)33-16-26(41)36-22(15-20-9-6-5-7-10-20)32(45)39-24(14-19(3)4)27(39)28(31(44)37-46)38-12-8-11-23(38)30(43)34-17-25(40)35-21/h5-7,9-10,18-19,21-24,27-28,46H,8,11-17H2,1-4H3,(H,33,42)(H,34,43)(H,35,40)(H,36,41)(H,37,44)/t21-,22-,23-,24+,27+,28+,39?/m0/s1. The minimum Gasteiger partial charge on any atom is -0.346 e. The number of benzene rings is 1. The van der Waals surface area contributed by atoms with Crippen LogP contribution >= 0.6 is 0 Å². The Morgan fingerprint density at radius 1 is 0.891 bits per heavy atom. The zero-order valence-electron chi connectivity index (χ0n) is 27.0. The third-order valence-electron chi connectivity index (χ3n) is 8.73. The number of carbonyl (C=O) groups is 6. The van der Waals surface area contributed by atoms with E-state index in [-0.39, 0.29) is 18.3 Å². The maximum atomic E-state index is 14.3. The summed E-state index contributed by atoms with van der Waals surface area (Å²) in [6.45, 7) is 7.30. The minimum absolute atomic E-state index is 0.0335. The molecule has 14 nitrogen and oxygen atoms in total. The Kier molecular flexibility index (Phi) is 11.7. The van der Waals surface area contributed by atoms with E-state index in [1.807, 2.05) is 58.0 Å². The highest BCUT2D eigenvalue weighted by molar-refractivity contribution is 5.95. The van der Waals surface area contributed by atoms with E-state index in [4.69, 9.17) is 0 Å². The lowest BCUT2D eigenvalue weighted by molar-refractivity contribution is -0.139. The first kappa shape index (κ1) is 34.8. The maximum absolute atomic E-state index is 14.3. The van der Waals surface area contributed by atoms with Gasteiger partial charge < -0.3 is 26.2 Å². The molecular weight excluding hydrogens is 594 g/mol. The van der Waals surface area contributed by atoms with Gasteiger partial charge in [0.2, 0.25) is 29.5 Å². The van der Waals surface area contributed by atoms with Gasteiger partial charge in [-0.05, 0) is 49.6 Å². The summed E-state index contributed by atoms with van der Waals surface area (Å²) in [6, 6.07) is 4.30. The molecule has 0 bridgehead atoms. The van der Waals surface area contributed by atoms with Crippen LogP contribution in [0.15, 0.2) is 30.3 Å². The first-order valence-electron chi connectivity index (χ1n) is 16.1. The molecule has 1 aromatic carbocycles. The summed E-state index contributed by atoms with van der Waals surface area (Å²) in [4.78, 5) is 83.4. The first-order valence-corrected chi connectivity index (χ1v) is 16.1. The third-order valence-corrected chi connectivity index (χ3v) is 8.73. The summed E-state index contributed by atoms with van der Waals surface area (Å²) in [6.07, 6.45) is 2.00. The maximum Gasteiger partial charge on any atom is 0.262 e. The highest BCUT2D eigenvalue weighted by atomic mass is 16.5. The predicted molar refractivity (Wildman–Crippen MR) is 167 cm³/mol. The Hall–Kier alpha value is -4.04. The van der Waals surface area contributed by atoms with Gasteiger partial charge in [0.25, 0.3) is 5.91 Å². The van der Waals surface area contributed by atoms with Gasteiger partial charge in [0, 0.05) is 6.42 Å². The van der Waals surface area contributed by atoms with Crippen molar-refractivity contribution in [1.82, 2.24) is 36.5 Å². The van der Waals surface area contributed by atoms with Crippen molar-refractivity contribution in [3.63, 3.8) is 0 Å². The smallest absolute Gasteiger partial charge is 0.262 e. The van der Waals surface area contributed by atoms with Crippen molar-refractivity contribution in [2.45, 2.75) is 96.1 Å². The summed E-state index contributed by atoms with van der Waals surface area (Å²) in [7, 11) is 0. The van der Waals surface area contributed by atoms with Crippen molar-refractivity contribution in [2.24, 2.45) is 11.8 Å². The number of hydrogen-bond donors (Lipinski definition) is 6. The van der Waals surface area contributed by atoms with Crippen LogP contribution in [0.1, 0.15) is 58.9 Å². The van der Waals surface area contributed by atoms with Crippen molar-refractivity contribution in [3.05, 3.63) is 35.9 Å². The van der Waals surface area contributed by atoms with Crippen molar-refractivity contribution >= 4 is 35.4 Å². The molecule has 0 radical (unpaired) electrons. The average molecular weight is 642 g/mol. The van der Waals surface area contributed by atoms with E-state index in [0.29, 0.717) is 32.2 Å². The van der Waals surface area contributed by atoms with E-state index < -0.39 is 84.8 Å². The minimum atomic E-state index is -1.05. The van der Waals surface area contributed by atoms with Gasteiger partial charge in [0.15, 0.2) is 0 Å². The van der Waals surface area contributed by atoms with Gasteiger partial charge in [-0.3, -0.25) is 38.9 Å². The Labute approximate surface area is 269 Å². The molecule has 3 aliphatic heterocycles. The zero-order chi connectivity index (χ0) is 33.5. The fourth-order valence-corrected chi connectivity index (χ4v) is 6.68. The second-order valence-corrected chi connectivity index (χ2v) is 13.2. The Bertz CT molecular complexity index is 1290. The van der Waals surface area contributed by atoms with Crippen LogP contribution in [0.2, 0.25) is 0 Å². The van der Waals surface area contributed by atoms with Crippen LogP contribution in [-0.4, -0.2) is 106 Å². The van der Waals surface area contributed by atoms with Crippen molar-refractivity contribution < 1.29 is 34.0 Å². The van der Waals surface area contributed by atoms with Gasteiger partial charge >= 0.3 is 0 Å². The molecule has 0 spiro atoms. The van der Waals surface area contributed by atoms with Crippen molar-refractivity contribution in [2.75, 3.05) is 19.6 Å². The van der Waals surface area contributed by atoms with E-state index >= 15 is 0 Å². The molecule has 0 saturated carbocycles. The lowest BCUT2D eigenvalue weighted by atomic mass is 10.0. The third kappa shape index (κ3) is 8.60. The van der Waals surface area contributed by atoms with E-state index in [0.717, 1.165) is 5.56 Å². The summed E-state index contributed by atoms with van der Waals surface area (Å²) in [5.74, 6) is -3.16. The average Bonchev–Trinajstić information content (AvgIpc) is 3.45. The fraction of sp³-hybridized carbons (Fsp3) is 0.625. The summed E-state index contributed by atoms with van der Waals surface area (Å²) in [5, 5.41) is 20.4. The first-order chi connectivity index (χ1) is 21.9. The van der Waals surface area contributed by atoms with E-state index in [2.05, 4.69) is 21.3 Å². The van der Waals surface area contributed by atoms with Crippen molar-refractivity contribution in [1.29, 1.82) is 0 Å². The highest BCUT2D eigenvalue weighted by Crippen LogP contribution is 2.40. The molecule has 3 saturated heterocycles. The zero-order valence-corrected chi connectivity index (χ0v) is 27.0. The number of fused-ring (bicyclic) bond motifs is 2. The topological polar surface area (TPSA) is 189 Å². The van der Waals surface area contributed by atoms with Gasteiger partial charge in [0.05, 0.1) is 31.2 Å². The molecule has 6 amide bonds. The molecule has 0 aliphatic carbocycles. The van der Waals surface area contributed by atoms with Crippen LogP contribution in [0.5, 0.6) is 0 Å². The second kappa shape index (κ2) is 15.5. The molecule has 0 aromatic heterocycles. The van der Waals surface area contributed by atoms with E-state index in [9.17, 15) is 34.0 Å². The number of amides is 6. The monoisotopic (exact) mass is 641 g/mol. The van der Waals surface area contributed by atoms with Crippen LogP contribution in [0.3, 0.4) is 0 Å². The molecule has 3 aliphatic rings. The van der Waals surface area contributed by atoms with Gasteiger partial charge in [-0.2, -0.15) is 0 Å². The van der Waals surface area contributed by atoms with Gasteiger partial charge in [-0.15, -0.1) is 0 Å². The molecule has 46 heavy (non-hydrogen) atoms. The molecule has 4 rings (SSSR count). The number of nitrogens with one attached hydrogen (secondary N) is 5. The Morgan fingerprint density at radius 3 is 2.11 bits per heavy atom. The van der Waals surface area contributed by atoms with Crippen LogP contribution in [0.25, 0.3) is 0 Å². The predicted octanol–water partition coefficient (Wildman–Crippen LogP) is -0.545. The Morgan fingerprint density at radius 2 is 1.50 bits per heavy atom. The van der Waals surface area contributed by atoms with Crippen LogP contribution in [-0.2, 0) is 35.2 Å². The molecule has 3 heterocycles. The van der Waals surface area contributed by atoms with Crippen LogP contribution in [0, 0.1) is 11.8 Å². The van der Waals surface area contributed by atoms with Crippen molar-refractivity contribution in [3.8, 4) is 0 Å². The summed E-state index contributed by atoms with van der Waals surface area (Å²) >= 11 is 0. The highest BCUT2D eigenvalue weighted by Gasteiger charge is 2.60. The SMILES string of the molecule is CC(C)C[C@@H]1NC(=O)CNC(=O)[C@@H]2CCCN2[C@@H](C(=O)NO)[C@H]2[C@@H](CC(C)C)N2C(=O)[C@H](Cc2ccccc2)NC(=O)CNC1=O. The van der Waals surface area contributed by atoms with Crippen LogP contribution < -0.4 is 26.7 Å². The number of hydroxylamine groups is 1. The quantitative estimate of drug-likeness (QED) is 0.130. The number of hydrogen-bond acceptors (Lipinski definition) is 8. The number of carbonyl (C=O) groups excluding carboxylic acids is 6.